The summed E-state index contributed by atoms with van der Waals surface area (Å²) in [5.41, 5.74) is 0.394. The molecule has 1 amide bonds. The van der Waals surface area contributed by atoms with Gasteiger partial charge in [-0.1, -0.05) is 24.6 Å². The third kappa shape index (κ3) is 4.48. The number of halogens is 1. The number of hydrogen-bond donors (Lipinski definition) is 1. The summed E-state index contributed by atoms with van der Waals surface area (Å²) in [5.74, 6) is -0.172. The molecule has 1 heterocycles. The van der Waals surface area contributed by atoms with E-state index in [2.05, 4.69) is 12.2 Å². The van der Waals surface area contributed by atoms with Crippen LogP contribution in [0.25, 0.3) is 0 Å². The summed E-state index contributed by atoms with van der Waals surface area (Å²) in [7, 11) is -3.75. The number of nitrogens with one attached hydrogen (secondary N) is 1. The molecule has 2 aromatic rings. The summed E-state index contributed by atoms with van der Waals surface area (Å²) in [6.45, 7) is 4.47. The second kappa shape index (κ2) is 8.71. The minimum Gasteiger partial charge on any atom is -0.321 e. The maximum atomic E-state index is 13.0. The number of benzene rings is 2. The van der Waals surface area contributed by atoms with E-state index >= 15 is 0 Å². The van der Waals surface area contributed by atoms with Gasteiger partial charge in [0.2, 0.25) is 10.0 Å². The lowest BCUT2D eigenvalue weighted by molar-refractivity contribution is -0.385. The first-order valence-electron chi connectivity index (χ1n) is 9.46. The molecule has 2 aromatic carbocycles. The largest absolute Gasteiger partial charge is 0.321 e. The van der Waals surface area contributed by atoms with Gasteiger partial charge in [0.25, 0.3) is 11.6 Å². The molecule has 1 saturated heterocycles. The first-order valence-corrected chi connectivity index (χ1v) is 11.3. The van der Waals surface area contributed by atoms with Gasteiger partial charge in [-0.05, 0) is 49.9 Å². The second-order valence-electron chi connectivity index (χ2n) is 7.39. The van der Waals surface area contributed by atoms with Gasteiger partial charge in [-0.2, -0.15) is 4.31 Å². The lowest BCUT2D eigenvalue weighted by Crippen LogP contribution is -2.37. The molecule has 30 heavy (non-hydrogen) atoms. The molecule has 0 bridgehead atoms. The van der Waals surface area contributed by atoms with Crippen LogP contribution in [0.15, 0.2) is 41.3 Å². The van der Waals surface area contributed by atoms with E-state index in [1.807, 2.05) is 0 Å². The maximum absolute atomic E-state index is 13.0. The fraction of sp³-hybridized carbons (Fsp3) is 0.350. The van der Waals surface area contributed by atoms with Crippen molar-refractivity contribution in [3.05, 3.63) is 62.7 Å². The Balaban J connectivity index is 1.89. The lowest BCUT2D eigenvalue weighted by Gasteiger charge is -2.29. The zero-order chi connectivity index (χ0) is 22.1. The Morgan fingerprint density at radius 1 is 1.23 bits per heavy atom. The number of carbonyl (C=O) groups is 1. The molecule has 10 heteroatoms. The predicted molar refractivity (Wildman–Crippen MR) is 114 cm³/mol. The molecule has 0 unspecified atom stereocenters. The number of anilines is 1. The van der Waals surface area contributed by atoms with Gasteiger partial charge in [0, 0.05) is 19.2 Å². The number of nitrogens with zero attached hydrogens (tertiary/aromatic N) is 2. The highest BCUT2D eigenvalue weighted by Crippen LogP contribution is 2.29. The molecule has 1 aliphatic rings. The van der Waals surface area contributed by atoms with Crippen molar-refractivity contribution >= 4 is 38.9 Å². The van der Waals surface area contributed by atoms with Crippen molar-refractivity contribution in [1.29, 1.82) is 0 Å². The van der Waals surface area contributed by atoms with Crippen molar-refractivity contribution < 1.29 is 18.1 Å². The molecule has 3 rings (SSSR count). The fourth-order valence-electron chi connectivity index (χ4n) is 3.36. The Morgan fingerprint density at radius 3 is 2.53 bits per heavy atom. The van der Waals surface area contributed by atoms with Crippen LogP contribution in [0.2, 0.25) is 5.02 Å². The molecule has 1 N–H and O–H groups in total. The summed E-state index contributed by atoms with van der Waals surface area (Å²) in [6.07, 6.45) is 1.57. The zero-order valence-electron chi connectivity index (χ0n) is 16.6. The van der Waals surface area contributed by atoms with E-state index in [1.54, 1.807) is 0 Å². The maximum Gasteiger partial charge on any atom is 0.274 e. The van der Waals surface area contributed by atoms with Gasteiger partial charge in [0.1, 0.15) is 0 Å². The highest BCUT2D eigenvalue weighted by molar-refractivity contribution is 7.89. The van der Waals surface area contributed by atoms with Crippen molar-refractivity contribution in [2.45, 2.75) is 31.6 Å². The molecule has 0 radical (unpaired) electrons. The first-order chi connectivity index (χ1) is 14.1. The molecular formula is C20H22ClN3O5S. The van der Waals surface area contributed by atoms with Gasteiger partial charge in [0.15, 0.2) is 0 Å². The smallest absolute Gasteiger partial charge is 0.274 e. The van der Waals surface area contributed by atoms with Gasteiger partial charge >= 0.3 is 0 Å². The van der Waals surface area contributed by atoms with Crippen LogP contribution in [0.4, 0.5) is 11.4 Å². The third-order valence-corrected chi connectivity index (χ3v) is 7.54. The first kappa shape index (κ1) is 22.2. The number of hydrogen-bond acceptors (Lipinski definition) is 5. The molecule has 0 spiro atoms. The quantitative estimate of drug-likeness (QED) is 0.540. The molecule has 0 aromatic heterocycles. The summed E-state index contributed by atoms with van der Waals surface area (Å²) >= 11 is 6.16. The molecule has 0 aliphatic carbocycles. The minimum absolute atomic E-state index is 0.0117. The fourth-order valence-corrected chi connectivity index (χ4v) is 5.06. The van der Waals surface area contributed by atoms with Crippen LogP contribution in [0.1, 0.15) is 35.7 Å². The number of carbonyl (C=O) groups excluding carboxylic acids is 1. The Kier molecular flexibility index (Phi) is 6.44. The van der Waals surface area contributed by atoms with Crippen LogP contribution < -0.4 is 5.32 Å². The van der Waals surface area contributed by atoms with E-state index in [0.29, 0.717) is 19.0 Å². The zero-order valence-corrected chi connectivity index (χ0v) is 18.2. The average molecular weight is 452 g/mol. The number of piperidine rings is 1. The molecule has 1 aliphatic heterocycles. The average Bonchev–Trinajstić information content (AvgIpc) is 2.69. The normalized spacial score (nSPS) is 15.7. The van der Waals surface area contributed by atoms with Crippen LogP contribution in [0.3, 0.4) is 0 Å². The number of amides is 1. The van der Waals surface area contributed by atoms with E-state index in [1.165, 1.54) is 47.6 Å². The van der Waals surface area contributed by atoms with Gasteiger partial charge in [-0.15, -0.1) is 0 Å². The number of rotatable bonds is 5. The summed E-state index contributed by atoms with van der Waals surface area (Å²) in [6, 6.07) is 8.33. The Bertz CT molecular complexity index is 1100. The number of nitro groups is 1. The SMILES string of the molecule is Cc1c(NC(=O)c2cc(S(=O)(=O)N3CCC(C)CC3)ccc2Cl)cccc1[N+](=O)[O-]. The second-order valence-corrected chi connectivity index (χ2v) is 9.73. The van der Waals surface area contributed by atoms with E-state index in [-0.39, 0.29) is 32.4 Å². The predicted octanol–water partition coefficient (Wildman–Crippen LogP) is 4.23. The molecule has 0 atom stereocenters. The molecule has 1 fully saturated rings. The van der Waals surface area contributed by atoms with Crippen molar-refractivity contribution in [1.82, 2.24) is 4.31 Å². The molecular weight excluding hydrogens is 430 g/mol. The van der Waals surface area contributed by atoms with E-state index in [0.717, 1.165) is 12.8 Å². The Labute approximate surface area is 180 Å². The van der Waals surface area contributed by atoms with E-state index < -0.39 is 20.9 Å². The number of sulfonamides is 1. The van der Waals surface area contributed by atoms with E-state index in [4.69, 9.17) is 11.6 Å². The summed E-state index contributed by atoms with van der Waals surface area (Å²) in [5, 5.41) is 13.8. The monoisotopic (exact) mass is 451 g/mol. The van der Waals surface area contributed by atoms with Gasteiger partial charge in [-0.3, -0.25) is 14.9 Å². The summed E-state index contributed by atoms with van der Waals surface area (Å²) < 4.78 is 27.4. The Morgan fingerprint density at radius 2 is 1.90 bits per heavy atom. The minimum atomic E-state index is -3.75. The van der Waals surface area contributed by atoms with Crippen molar-refractivity contribution in [2.24, 2.45) is 5.92 Å². The Hall–Kier alpha value is -2.49. The van der Waals surface area contributed by atoms with Crippen molar-refractivity contribution in [3.8, 4) is 0 Å². The highest BCUT2D eigenvalue weighted by atomic mass is 35.5. The van der Waals surface area contributed by atoms with Crippen molar-refractivity contribution in [3.63, 3.8) is 0 Å². The van der Waals surface area contributed by atoms with Gasteiger partial charge in [-0.25, -0.2) is 8.42 Å². The van der Waals surface area contributed by atoms with Crippen LogP contribution in [0, 0.1) is 23.0 Å². The van der Waals surface area contributed by atoms with Crippen LogP contribution in [-0.4, -0.2) is 36.6 Å². The van der Waals surface area contributed by atoms with Crippen molar-refractivity contribution in [2.75, 3.05) is 18.4 Å². The molecule has 0 saturated carbocycles. The number of nitro benzene ring substituents is 1. The van der Waals surface area contributed by atoms with Crippen LogP contribution in [-0.2, 0) is 10.0 Å². The molecule has 160 valence electrons. The van der Waals surface area contributed by atoms with E-state index in [9.17, 15) is 23.3 Å². The summed E-state index contributed by atoms with van der Waals surface area (Å²) in [4.78, 5) is 23.4. The topological polar surface area (TPSA) is 110 Å². The van der Waals surface area contributed by atoms with Crippen LogP contribution >= 0.6 is 11.6 Å². The van der Waals surface area contributed by atoms with Crippen LogP contribution in [0.5, 0.6) is 0 Å². The third-order valence-electron chi connectivity index (χ3n) is 5.31. The highest BCUT2D eigenvalue weighted by Gasteiger charge is 2.29. The lowest BCUT2D eigenvalue weighted by atomic mass is 10.0. The van der Waals surface area contributed by atoms with Gasteiger partial charge < -0.3 is 5.32 Å². The van der Waals surface area contributed by atoms with Gasteiger partial charge in [0.05, 0.1) is 31.7 Å². The standard InChI is InChI=1S/C20H22ClN3O5S/c1-13-8-10-23(11-9-13)30(28,29)15-6-7-17(21)16(12-15)20(25)22-18-4-3-5-19(14(18)2)24(26)27/h3-7,12-13H,8-11H2,1-2H3,(H,22,25). The molecule has 8 nitrogen and oxygen atoms in total.